The molecule has 1 aromatic rings. The Morgan fingerprint density at radius 2 is 2.12 bits per heavy atom. The highest BCUT2D eigenvalue weighted by atomic mass is 16.5. The molecule has 17 heavy (non-hydrogen) atoms. The van der Waals surface area contributed by atoms with Crippen molar-refractivity contribution in [2.24, 2.45) is 5.92 Å². The fourth-order valence-corrected chi connectivity index (χ4v) is 2.48. The Bertz CT molecular complexity index is 350. The van der Waals surface area contributed by atoms with Gasteiger partial charge in [0.05, 0.1) is 7.11 Å². The van der Waals surface area contributed by atoms with Gasteiger partial charge in [-0.3, -0.25) is 0 Å². The lowest BCUT2D eigenvalue weighted by molar-refractivity contribution is 0.327. The molecule has 0 spiro atoms. The fourth-order valence-electron chi connectivity index (χ4n) is 2.48. The molecule has 2 rings (SSSR count). The van der Waals surface area contributed by atoms with Gasteiger partial charge in [0.25, 0.3) is 0 Å². The molecule has 0 saturated heterocycles. The zero-order valence-corrected chi connectivity index (χ0v) is 10.6. The molecular weight excluding hydrogens is 214 g/mol. The van der Waals surface area contributed by atoms with Gasteiger partial charge in [-0.1, -0.05) is 19.3 Å². The number of nitrogens with zero attached hydrogens (tertiary/aromatic N) is 2. The van der Waals surface area contributed by atoms with E-state index in [9.17, 15) is 0 Å². The normalized spacial score (nSPS) is 18.7. The molecule has 1 aliphatic rings. The van der Waals surface area contributed by atoms with Crippen LogP contribution in [0.5, 0.6) is 5.88 Å². The fraction of sp³-hybridized carbons (Fsp3) is 0.692. The molecule has 4 heteroatoms. The lowest BCUT2D eigenvalue weighted by atomic mass is 9.85. The number of ether oxygens (including phenoxy) is 1. The summed E-state index contributed by atoms with van der Waals surface area (Å²) in [4.78, 5) is 8.50. The Balaban J connectivity index is 1.94. The molecular formula is C13H21N3O. The molecule has 1 saturated carbocycles. The van der Waals surface area contributed by atoms with Gasteiger partial charge in [0.2, 0.25) is 11.8 Å². The minimum atomic E-state index is 0.433. The van der Waals surface area contributed by atoms with Crippen molar-refractivity contribution >= 4 is 5.95 Å². The van der Waals surface area contributed by atoms with Crippen LogP contribution in [-0.2, 0) is 0 Å². The largest absolute Gasteiger partial charge is 0.481 e. The Hall–Kier alpha value is -1.32. The summed E-state index contributed by atoms with van der Waals surface area (Å²) < 4.78 is 5.09. The van der Waals surface area contributed by atoms with Crippen molar-refractivity contribution in [2.45, 2.75) is 45.1 Å². The van der Waals surface area contributed by atoms with Crippen LogP contribution in [0.4, 0.5) is 5.95 Å². The predicted octanol–water partition coefficient (Wildman–Crippen LogP) is 2.87. The van der Waals surface area contributed by atoms with Crippen molar-refractivity contribution in [3.05, 3.63) is 12.3 Å². The number of rotatable bonds is 4. The van der Waals surface area contributed by atoms with Gasteiger partial charge in [-0.2, -0.15) is 4.98 Å². The first kappa shape index (κ1) is 12.1. The van der Waals surface area contributed by atoms with Gasteiger partial charge in [0, 0.05) is 18.3 Å². The standard InChI is InChI=1S/C13H21N3O/c1-10(11-6-4-3-5-7-11)15-13-14-9-8-12(16-13)17-2/h8-11H,3-7H2,1-2H3,(H,14,15,16). The van der Waals surface area contributed by atoms with E-state index in [1.807, 2.05) is 0 Å². The van der Waals surface area contributed by atoms with Crippen molar-refractivity contribution in [1.82, 2.24) is 9.97 Å². The molecule has 1 aromatic heterocycles. The maximum Gasteiger partial charge on any atom is 0.226 e. The van der Waals surface area contributed by atoms with Crippen LogP contribution in [0, 0.1) is 5.92 Å². The molecule has 1 fully saturated rings. The lowest BCUT2D eigenvalue weighted by Gasteiger charge is -2.28. The minimum Gasteiger partial charge on any atom is -0.481 e. The van der Waals surface area contributed by atoms with Crippen LogP contribution in [-0.4, -0.2) is 23.1 Å². The summed E-state index contributed by atoms with van der Waals surface area (Å²) in [6, 6.07) is 2.19. The van der Waals surface area contributed by atoms with E-state index in [-0.39, 0.29) is 0 Å². The van der Waals surface area contributed by atoms with Crippen LogP contribution in [0.3, 0.4) is 0 Å². The van der Waals surface area contributed by atoms with Crippen molar-refractivity contribution in [3.63, 3.8) is 0 Å². The molecule has 4 nitrogen and oxygen atoms in total. The van der Waals surface area contributed by atoms with E-state index in [4.69, 9.17) is 4.74 Å². The van der Waals surface area contributed by atoms with Gasteiger partial charge in [0.1, 0.15) is 0 Å². The first-order valence-corrected chi connectivity index (χ1v) is 6.43. The molecule has 1 aliphatic carbocycles. The Morgan fingerprint density at radius 3 is 2.82 bits per heavy atom. The van der Waals surface area contributed by atoms with Gasteiger partial charge < -0.3 is 10.1 Å². The maximum atomic E-state index is 5.09. The SMILES string of the molecule is COc1ccnc(NC(C)C2CCCCC2)n1. The first-order valence-electron chi connectivity index (χ1n) is 6.43. The number of nitrogens with one attached hydrogen (secondary N) is 1. The predicted molar refractivity (Wildman–Crippen MR) is 68.2 cm³/mol. The number of hydrogen-bond acceptors (Lipinski definition) is 4. The van der Waals surface area contributed by atoms with Crippen LogP contribution in [0.1, 0.15) is 39.0 Å². The van der Waals surface area contributed by atoms with E-state index in [1.165, 1.54) is 32.1 Å². The third-order valence-electron chi connectivity index (χ3n) is 3.55. The summed E-state index contributed by atoms with van der Waals surface area (Å²) in [6.07, 6.45) is 8.46. The van der Waals surface area contributed by atoms with Crippen molar-refractivity contribution in [2.75, 3.05) is 12.4 Å². The van der Waals surface area contributed by atoms with E-state index < -0.39 is 0 Å². The van der Waals surface area contributed by atoms with Gasteiger partial charge in [-0.15, -0.1) is 0 Å². The molecule has 0 amide bonds. The highest BCUT2D eigenvalue weighted by molar-refractivity contribution is 5.28. The van der Waals surface area contributed by atoms with E-state index in [0.29, 0.717) is 17.9 Å². The molecule has 1 N–H and O–H groups in total. The summed E-state index contributed by atoms with van der Waals surface area (Å²) >= 11 is 0. The van der Waals surface area contributed by atoms with Crippen LogP contribution in [0.25, 0.3) is 0 Å². The van der Waals surface area contributed by atoms with Gasteiger partial charge >= 0.3 is 0 Å². The minimum absolute atomic E-state index is 0.433. The molecule has 94 valence electrons. The quantitative estimate of drug-likeness (QED) is 0.871. The van der Waals surface area contributed by atoms with Crippen molar-refractivity contribution in [1.29, 1.82) is 0 Å². The van der Waals surface area contributed by atoms with Gasteiger partial charge in [0.15, 0.2) is 0 Å². The van der Waals surface area contributed by atoms with Crippen molar-refractivity contribution in [3.8, 4) is 5.88 Å². The summed E-state index contributed by atoms with van der Waals surface area (Å²) in [5.74, 6) is 2.03. The Kier molecular flexibility index (Phi) is 4.18. The topological polar surface area (TPSA) is 47.0 Å². The molecule has 0 radical (unpaired) electrons. The monoisotopic (exact) mass is 235 g/mol. The third kappa shape index (κ3) is 3.32. The number of anilines is 1. The smallest absolute Gasteiger partial charge is 0.226 e. The molecule has 1 heterocycles. The summed E-state index contributed by atoms with van der Waals surface area (Å²) in [7, 11) is 1.62. The highest BCUT2D eigenvalue weighted by Crippen LogP contribution is 2.27. The molecule has 1 atom stereocenters. The van der Waals surface area contributed by atoms with Gasteiger partial charge in [-0.05, 0) is 25.7 Å². The average Bonchev–Trinajstić information content (AvgIpc) is 2.40. The second kappa shape index (κ2) is 5.84. The average molecular weight is 235 g/mol. The molecule has 0 aliphatic heterocycles. The van der Waals surface area contributed by atoms with Crippen LogP contribution < -0.4 is 10.1 Å². The summed E-state index contributed by atoms with van der Waals surface area (Å²) in [5.41, 5.74) is 0. The van der Waals surface area contributed by atoms with Crippen molar-refractivity contribution < 1.29 is 4.74 Å². The van der Waals surface area contributed by atoms with Crippen LogP contribution in [0.2, 0.25) is 0 Å². The zero-order valence-electron chi connectivity index (χ0n) is 10.6. The van der Waals surface area contributed by atoms with Crippen LogP contribution >= 0.6 is 0 Å². The Morgan fingerprint density at radius 1 is 1.35 bits per heavy atom. The van der Waals surface area contributed by atoms with E-state index >= 15 is 0 Å². The Labute approximate surface area is 103 Å². The highest BCUT2D eigenvalue weighted by Gasteiger charge is 2.20. The number of methoxy groups -OCH3 is 1. The number of hydrogen-bond donors (Lipinski definition) is 1. The third-order valence-corrected chi connectivity index (χ3v) is 3.55. The second-order valence-corrected chi connectivity index (χ2v) is 4.75. The van der Waals surface area contributed by atoms with E-state index in [2.05, 4.69) is 22.2 Å². The maximum absolute atomic E-state index is 5.09. The molecule has 0 aromatic carbocycles. The first-order chi connectivity index (χ1) is 8.29. The molecule has 1 unspecified atom stereocenters. The second-order valence-electron chi connectivity index (χ2n) is 4.75. The number of aromatic nitrogens is 2. The van der Waals surface area contributed by atoms with Crippen LogP contribution in [0.15, 0.2) is 12.3 Å². The zero-order chi connectivity index (χ0) is 12.1. The summed E-state index contributed by atoms with van der Waals surface area (Å²) in [6.45, 7) is 2.22. The van der Waals surface area contributed by atoms with E-state index in [0.717, 1.165) is 5.92 Å². The summed E-state index contributed by atoms with van der Waals surface area (Å²) in [5, 5.41) is 3.38. The molecule has 0 bridgehead atoms. The lowest BCUT2D eigenvalue weighted by Crippen LogP contribution is -2.28. The van der Waals surface area contributed by atoms with Gasteiger partial charge in [-0.25, -0.2) is 4.98 Å². The van der Waals surface area contributed by atoms with E-state index in [1.54, 1.807) is 19.4 Å².